The molecule has 0 radical (unpaired) electrons. The van der Waals surface area contributed by atoms with Crippen molar-refractivity contribution in [1.82, 2.24) is 4.72 Å². The maximum atomic E-state index is 12.5. The fourth-order valence-electron chi connectivity index (χ4n) is 2.19. The van der Waals surface area contributed by atoms with Gasteiger partial charge in [-0.05, 0) is 55.8 Å². The molecule has 134 valence electrons. The highest BCUT2D eigenvalue weighted by Crippen LogP contribution is 2.21. The molecule has 0 aliphatic heterocycles. The van der Waals surface area contributed by atoms with Gasteiger partial charge < -0.3 is 10.1 Å². The van der Waals surface area contributed by atoms with Gasteiger partial charge in [0, 0.05) is 10.2 Å². The molecular weight excluding hydrogens is 408 g/mol. The van der Waals surface area contributed by atoms with Crippen molar-refractivity contribution in [3.63, 3.8) is 0 Å². The van der Waals surface area contributed by atoms with Crippen LogP contribution in [-0.2, 0) is 14.8 Å². The van der Waals surface area contributed by atoms with Crippen LogP contribution in [0.5, 0.6) is 5.75 Å². The number of amides is 1. The lowest BCUT2D eigenvalue weighted by Gasteiger charge is -2.15. The van der Waals surface area contributed by atoms with Crippen LogP contribution in [0.2, 0.25) is 0 Å². The van der Waals surface area contributed by atoms with Crippen LogP contribution >= 0.6 is 15.9 Å². The highest BCUT2D eigenvalue weighted by atomic mass is 79.9. The Morgan fingerprint density at radius 1 is 1.20 bits per heavy atom. The van der Waals surface area contributed by atoms with Crippen molar-refractivity contribution >= 4 is 37.5 Å². The number of benzene rings is 2. The molecule has 1 atom stereocenters. The number of nitrogens with one attached hydrogen (secondary N) is 2. The van der Waals surface area contributed by atoms with Gasteiger partial charge in [-0.1, -0.05) is 22.0 Å². The molecule has 0 aliphatic carbocycles. The molecule has 1 amide bonds. The first-order chi connectivity index (χ1) is 11.7. The van der Waals surface area contributed by atoms with Crippen LogP contribution in [0.1, 0.15) is 12.5 Å². The summed E-state index contributed by atoms with van der Waals surface area (Å²) in [6, 6.07) is 10.6. The Morgan fingerprint density at radius 3 is 2.52 bits per heavy atom. The van der Waals surface area contributed by atoms with Gasteiger partial charge in [0.1, 0.15) is 5.75 Å². The minimum absolute atomic E-state index is 0.0768. The van der Waals surface area contributed by atoms with Crippen molar-refractivity contribution in [2.24, 2.45) is 0 Å². The number of sulfonamides is 1. The quantitative estimate of drug-likeness (QED) is 0.742. The van der Waals surface area contributed by atoms with Crippen molar-refractivity contribution < 1.29 is 17.9 Å². The Labute approximate surface area is 155 Å². The third-order valence-corrected chi connectivity index (χ3v) is 5.53. The van der Waals surface area contributed by atoms with Crippen molar-refractivity contribution in [3.8, 4) is 5.75 Å². The summed E-state index contributed by atoms with van der Waals surface area (Å²) in [6.07, 6.45) is 0. The Balaban J connectivity index is 2.11. The van der Waals surface area contributed by atoms with Gasteiger partial charge in [0.25, 0.3) is 0 Å². The smallest absolute Gasteiger partial charge is 0.242 e. The summed E-state index contributed by atoms with van der Waals surface area (Å²) in [5.41, 5.74) is 1.27. The van der Waals surface area contributed by atoms with Gasteiger partial charge in [0.15, 0.2) is 0 Å². The van der Waals surface area contributed by atoms with Crippen LogP contribution in [-0.4, -0.2) is 27.5 Å². The molecule has 0 unspecified atom stereocenters. The van der Waals surface area contributed by atoms with Crippen LogP contribution in [0.15, 0.2) is 51.8 Å². The molecule has 0 heterocycles. The van der Waals surface area contributed by atoms with E-state index in [4.69, 9.17) is 4.74 Å². The van der Waals surface area contributed by atoms with Gasteiger partial charge >= 0.3 is 0 Å². The third-order valence-electron chi connectivity index (χ3n) is 3.49. The van der Waals surface area contributed by atoms with Crippen molar-refractivity contribution in [2.75, 3.05) is 12.4 Å². The van der Waals surface area contributed by atoms with Crippen molar-refractivity contribution in [3.05, 3.63) is 52.5 Å². The van der Waals surface area contributed by atoms with Gasteiger partial charge in [-0.3, -0.25) is 4.79 Å². The van der Waals surface area contributed by atoms with Gasteiger partial charge in [-0.25, -0.2) is 8.42 Å². The van der Waals surface area contributed by atoms with E-state index in [1.54, 1.807) is 31.2 Å². The van der Waals surface area contributed by atoms with Crippen molar-refractivity contribution in [2.45, 2.75) is 24.8 Å². The van der Waals surface area contributed by atoms with E-state index in [2.05, 4.69) is 26.0 Å². The van der Waals surface area contributed by atoms with Gasteiger partial charge in [0.2, 0.25) is 15.9 Å². The Bertz CT molecular complexity index is 884. The number of anilines is 1. The van der Waals surface area contributed by atoms with Crippen LogP contribution in [0.3, 0.4) is 0 Å². The lowest BCUT2D eigenvalue weighted by molar-refractivity contribution is -0.117. The minimum atomic E-state index is -3.83. The minimum Gasteiger partial charge on any atom is -0.496 e. The molecule has 0 spiro atoms. The third kappa shape index (κ3) is 5.04. The molecule has 8 heteroatoms. The van der Waals surface area contributed by atoms with Gasteiger partial charge in [-0.15, -0.1) is 0 Å². The van der Waals surface area contributed by atoms with Gasteiger partial charge in [0.05, 0.1) is 18.0 Å². The number of hydrogen-bond acceptors (Lipinski definition) is 4. The number of aryl methyl sites for hydroxylation is 1. The van der Waals surface area contributed by atoms with E-state index in [9.17, 15) is 13.2 Å². The van der Waals surface area contributed by atoms with E-state index < -0.39 is 22.0 Å². The van der Waals surface area contributed by atoms with Crippen LogP contribution in [0.25, 0.3) is 0 Å². The fraction of sp³-hybridized carbons (Fsp3) is 0.235. The first-order valence-electron chi connectivity index (χ1n) is 7.46. The highest BCUT2D eigenvalue weighted by molar-refractivity contribution is 9.10. The number of hydrogen-bond donors (Lipinski definition) is 2. The summed E-state index contributed by atoms with van der Waals surface area (Å²) in [4.78, 5) is 12.3. The SMILES string of the molecule is COc1ccc(S(=O)(=O)N[C@@H](C)C(=O)Nc2cccc(Br)c2)cc1C. The van der Waals surface area contributed by atoms with E-state index >= 15 is 0 Å². The number of carbonyl (C=O) groups is 1. The number of carbonyl (C=O) groups excluding carboxylic acids is 1. The second kappa shape index (κ2) is 7.99. The van der Waals surface area contributed by atoms with E-state index in [1.807, 2.05) is 6.07 Å². The molecule has 2 N–H and O–H groups in total. The van der Waals surface area contributed by atoms with E-state index in [0.29, 0.717) is 17.0 Å². The number of rotatable bonds is 6. The molecule has 25 heavy (non-hydrogen) atoms. The Morgan fingerprint density at radius 2 is 1.92 bits per heavy atom. The molecule has 2 aromatic carbocycles. The Kier molecular flexibility index (Phi) is 6.21. The first-order valence-corrected chi connectivity index (χ1v) is 9.74. The first kappa shape index (κ1) is 19.4. The lowest BCUT2D eigenvalue weighted by Crippen LogP contribution is -2.41. The number of methoxy groups -OCH3 is 1. The summed E-state index contributed by atoms with van der Waals surface area (Å²) in [6.45, 7) is 3.24. The molecule has 0 aliphatic rings. The van der Waals surface area contributed by atoms with Crippen LogP contribution in [0, 0.1) is 6.92 Å². The Hall–Kier alpha value is -1.90. The molecule has 0 bridgehead atoms. The summed E-state index contributed by atoms with van der Waals surface area (Å²) in [5, 5.41) is 2.67. The zero-order valence-corrected chi connectivity index (χ0v) is 16.4. The molecule has 0 aromatic heterocycles. The molecule has 6 nitrogen and oxygen atoms in total. The predicted molar refractivity (Wildman–Crippen MR) is 100 cm³/mol. The van der Waals surface area contributed by atoms with Crippen LogP contribution in [0.4, 0.5) is 5.69 Å². The molecule has 0 saturated carbocycles. The largest absolute Gasteiger partial charge is 0.496 e. The fourth-order valence-corrected chi connectivity index (χ4v) is 3.88. The maximum absolute atomic E-state index is 12.5. The average Bonchev–Trinajstić information content (AvgIpc) is 2.54. The summed E-state index contributed by atoms with van der Waals surface area (Å²) < 4.78 is 33.2. The standard InChI is InChI=1S/C17H19BrN2O4S/c1-11-9-15(7-8-16(11)24-3)25(22,23)20-12(2)17(21)19-14-6-4-5-13(18)10-14/h4-10,12,20H,1-3H3,(H,19,21)/t12-/m0/s1. The topological polar surface area (TPSA) is 84.5 Å². The lowest BCUT2D eigenvalue weighted by atomic mass is 10.2. The monoisotopic (exact) mass is 426 g/mol. The second-order valence-electron chi connectivity index (χ2n) is 5.47. The summed E-state index contributed by atoms with van der Waals surface area (Å²) >= 11 is 3.31. The molecule has 2 rings (SSSR count). The predicted octanol–water partition coefficient (Wildman–Crippen LogP) is 3.07. The van der Waals surface area contributed by atoms with E-state index in [-0.39, 0.29) is 4.90 Å². The maximum Gasteiger partial charge on any atom is 0.242 e. The summed E-state index contributed by atoms with van der Waals surface area (Å²) in [5.74, 6) is 0.145. The van der Waals surface area contributed by atoms with E-state index in [1.165, 1.54) is 26.2 Å². The molecule has 0 saturated heterocycles. The molecule has 2 aromatic rings. The zero-order valence-electron chi connectivity index (χ0n) is 14.0. The second-order valence-corrected chi connectivity index (χ2v) is 8.10. The van der Waals surface area contributed by atoms with E-state index in [0.717, 1.165) is 4.47 Å². The van der Waals surface area contributed by atoms with Gasteiger partial charge in [-0.2, -0.15) is 4.72 Å². The van der Waals surface area contributed by atoms with Crippen molar-refractivity contribution in [1.29, 1.82) is 0 Å². The highest BCUT2D eigenvalue weighted by Gasteiger charge is 2.22. The van der Waals surface area contributed by atoms with Crippen LogP contribution < -0.4 is 14.8 Å². The summed E-state index contributed by atoms with van der Waals surface area (Å²) in [7, 11) is -2.31. The number of ether oxygens (including phenoxy) is 1. The molecule has 0 fully saturated rings. The molecular formula is C17H19BrN2O4S. The number of halogens is 1. The average molecular weight is 427 g/mol. The zero-order chi connectivity index (χ0) is 18.6. The normalized spacial score (nSPS) is 12.5.